The van der Waals surface area contributed by atoms with Gasteiger partial charge in [-0.1, -0.05) is 6.92 Å². The number of thiophene rings is 1. The molecule has 2 aromatic rings. The van der Waals surface area contributed by atoms with E-state index < -0.39 is 0 Å². The molecular formula is C15H19NOS2. The molecule has 0 aromatic carbocycles. The average Bonchev–Trinajstić information content (AvgIpc) is 3.08. The molecule has 2 aromatic heterocycles. The van der Waals surface area contributed by atoms with Gasteiger partial charge in [-0.3, -0.25) is 0 Å². The Morgan fingerprint density at radius 3 is 3.16 bits per heavy atom. The zero-order chi connectivity index (χ0) is 13.1. The molecule has 0 fully saturated rings. The van der Waals surface area contributed by atoms with Gasteiger partial charge in [-0.25, -0.2) is 0 Å². The van der Waals surface area contributed by atoms with Crippen LogP contribution in [0.3, 0.4) is 0 Å². The minimum Gasteiger partial charge on any atom is -0.467 e. The van der Waals surface area contributed by atoms with Crippen LogP contribution in [0, 0.1) is 0 Å². The van der Waals surface area contributed by atoms with Crippen LogP contribution in [0.25, 0.3) is 0 Å². The first-order valence-corrected chi connectivity index (χ1v) is 8.81. The topological polar surface area (TPSA) is 25.2 Å². The molecule has 1 aliphatic rings. The summed E-state index contributed by atoms with van der Waals surface area (Å²) in [7, 11) is 0. The summed E-state index contributed by atoms with van der Waals surface area (Å²) in [5.41, 5.74) is 1.53. The molecule has 19 heavy (non-hydrogen) atoms. The second kappa shape index (κ2) is 6.16. The molecule has 3 rings (SSSR count). The molecule has 3 heterocycles. The molecule has 2 nitrogen and oxygen atoms in total. The van der Waals surface area contributed by atoms with E-state index in [2.05, 4.69) is 24.4 Å². The predicted octanol–water partition coefficient (Wildman–Crippen LogP) is 4.22. The van der Waals surface area contributed by atoms with Crippen molar-refractivity contribution >= 4 is 23.1 Å². The molecule has 0 spiro atoms. The number of hydrogen-bond acceptors (Lipinski definition) is 4. The Labute approximate surface area is 122 Å². The SMILES string of the molecule is CCCNC(c1ccco1)c1cc2c(s1)CCSC2. The van der Waals surface area contributed by atoms with Crippen LogP contribution in [0.15, 0.2) is 28.9 Å². The molecule has 1 unspecified atom stereocenters. The fourth-order valence-corrected chi connectivity index (χ4v) is 4.86. The maximum atomic E-state index is 5.62. The van der Waals surface area contributed by atoms with E-state index in [1.807, 2.05) is 29.2 Å². The van der Waals surface area contributed by atoms with E-state index >= 15 is 0 Å². The van der Waals surface area contributed by atoms with Gasteiger partial charge >= 0.3 is 0 Å². The van der Waals surface area contributed by atoms with E-state index in [-0.39, 0.29) is 6.04 Å². The molecular weight excluding hydrogens is 274 g/mol. The first kappa shape index (κ1) is 13.3. The zero-order valence-corrected chi connectivity index (χ0v) is 12.8. The van der Waals surface area contributed by atoms with Gasteiger partial charge < -0.3 is 9.73 Å². The standard InChI is InChI=1S/C15H19NOS2/c1-2-6-16-15(12-4-3-7-17-12)14-9-11-10-18-8-5-13(11)19-14/h3-4,7,9,15-16H,2,5-6,8,10H2,1H3. The van der Waals surface area contributed by atoms with Crippen LogP contribution in [-0.4, -0.2) is 12.3 Å². The first-order valence-electron chi connectivity index (χ1n) is 6.84. The summed E-state index contributed by atoms with van der Waals surface area (Å²) >= 11 is 4.00. The van der Waals surface area contributed by atoms with Crippen molar-refractivity contribution in [3.63, 3.8) is 0 Å². The quantitative estimate of drug-likeness (QED) is 0.893. The summed E-state index contributed by atoms with van der Waals surface area (Å²) in [6.07, 6.45) is 4.13. The normalized spacial score (nSPS) is 16.3. The molecule has 0 radical (unpaired) electrons. The van der Waals surface area contributed by atoms with Gasteiger partial charge in [-0.2, -0.15) is 11.8 Å². The number of rotatable bonds is 5. The van der Waals surface area contributed by atoms with Crippen molar-refractivity contribution in [1.82, 2.24) is 5.32 Å². The maximum absolute atomic E-state index is 5.62. The number of hydrogen-bond donors (Lipinski definition) is 1. The Hall–Kier alpha value is -0.710. The maximum Gasteiger partial charge on any atom is 0.126 e. The predicted molar refractivity (Wildman–Crippen MR) is 83.0 cm³/mol. The van der Waals surface area contributed by atoms with Gasteiger partial charge in [0.05, 0.1) is 6.26 Å². The van der Waals surface area contributed by atoms with Gasteiger partial charge in [0.1, 0.15) is 11.8 Å². The largest absolute Gasteiger partial charge is 0.467 e. The molecule has 4 heteroatoms. The molecule has 0 saturated carbocycles. The highest BCUT2D eigenvalue weighted by atomic mass is 32.2. The van der Waals surface area contributed by atoms with Crippen molar-refractivity contribution in [1.29, 1.82) is 0 Å². The number of nitrogens with one attached hydrogen (secondary N) is 1. The highest BCUT2D eigenvalue weighted by molar-refractivity contribution is 7.98. The van der Waals surface area contributed by atoms with Crippen LogP contribution in [0.2, 0.25) is 0 Å². The van der Waals surface area contributed by atoms with E-state index in [1.165, 1.54) is 28.4 Å². The summed E-state index contributed by atoms with van der Waals surface area (Å²) in [5, 5.41) is 3.61. The van der Waals surface area contributed by atoms with Crippen LogP contribution in [0.4, 0.5) is 0 Å². The van der Waals surface area contributed by atoms with Gasteiger partial charge in [-0.15, -0.1) is 11.3 Å². The Bertz CT molecular complexity index is 495. The lowest BCUT2D eigenvalue weighted by molar-refractivity contribution is 0.450. The lowest BCUT2D eigenvalue weighted by Gasteiger charge is -2.14. The van der Waals surface area contributed by atoms with Crippen molar-refractivity contribution in [2.24, 2.45) is 0 Å². The van der Waals surface area contributed by atoms with Crippen LogP contribution in [0.5, 0.6) is 0 Å². The van der Waals surface area contributed by atoms with Crippen molar-refractivity contribution in [2.45, 2.75) is 31.6 Å². The summed E-state index contributed by atoms with van der Waals surface area (Å²) in [5.74, 6) is 3.46. The van der Waals surface area contributed by atoms with E-state index in [9.17, 15) is 0 Å². The average molecular weight is 293 g/mol. The second-order valence-electron chi connectivity index (χ2n) is 4.80. The minimum atomic E-state index is 0.218. The van der Waals surface area contributed by atoms with Crippen LogP contribution in [0.1, 0.15) is 40.5 Å². The van der Waals surface area contributed by atoms with Crippen LogP contribution >= 0.6 is 23.1 Å². The minimum absolute atomic E-state index is 0.218. The third-order valence-corrected chi connectivity index (χ3v) is 5.67. The number of thioether (sulfide) groups is 1. The van der Waals surface area contributed by atoms with Crippen molar-refractivity contribution < 1.29 is 4.42 Å². The third kappa shape index (κ3) is 2.91. The van der Waals surface area contributed by atoms with Gasteiger partial charge in [0.2, 0.25) is 0 Å². The zero-order valence-electron chi connectivity index (χ0n) is 11.1. The van der Waals surface area contributed by atoms with Crippen molar-refractivity contribution in [3.05, 3.63) is 45.5 Å². The van der Waals surface area contributed by atoms with Gasteiger partial charge in [0.25, 0.3) is 0 Å². The summed E-state index contributed by atoms with van der Waals surface area (Å²) in [4.78, 5) is 2.97. The van der Waals surface area contributed by atoms with E-state index in [0.29, 0.717) is 0 Å². The number of aryl methyl sites for hydroxylation is 1. The molecule has 1 atom stereocenters. The molecule has 0 amide bonds. The van der Waals surface area contributed by atoms with E-state index in [4.69, 9.17) is 4.42 Å². The second-order valence-corrected chi connectivity index (χ2v) is 7.08. The third-order valence-electron chi connectivity index (χ3n) is 3.36. The molecule has 0 bridgehead atoms. The van der Waals surface area contributed by atoms with E-state index in [0.717, 1.165) is 18.7 Å². The number of furan rings is 1. The summed E-state index contributed by atoms with van der Waals surface area (Å²) in [6, 6.07) is 6.64. The Balaban J connectivity index is 1.88. The highest BCUT2D eigenvalue weighted by Gasteiger charge is 2.21. The monoisotopic (exact) mass is 293 g/mol. The van der Waals surface area contributed by atoms with Gasteiger partial charge in [-0.05, 0) is 48.9 Å². The fraction of sp³-hybridized carbons (Fsp3) is 0.467. The molecule has 1 N–H and O–H groups in total. The lowest BCUT2D eigenvalue weighted by Crippen LogP contribution is -2.21. The number of fused-ring (bicyclic) bond motifs is 1. The first-order chi connectivity index (χ1) is 9.38. The van der Waals surface area contributed by atoms with Gasteiger partial charge in [0.15, 0.2) is 0 Å². The Kier molecular flexibility index (Phi) is 4.31. The molecule has 1 aliphatic heterocycles. The highest BCUT2D eigenvalue weighted by Crippen LogP contribution is 2.36. The summed E-state index contributed by atoms with van der Waals surface area (Å²) < 4.78 is 5.62. The Morgan fingerprint density at radius 2 is 2.42 bits per heavy atom. The lowest BCUT2D eigenvalue weighted by atomic mass is 10.1. The molecule has 102 valence electrons. The van der Waals surface area contributed by atoms with Crippen LogP contribution < -0.4 is 5.32 Å². The van der Waals surface area contributed by atoms with Crippen molar-refractivity contribution in [2.75, 3.05) is 12.3 Å². The smallest absolute Gasteiger partial charge is 0.126 e. The van der Waals surface area contributed by atoms with Crippen molar-refractivity contribution in [3.8, 4) is 0 Å². The Morgan fingerprint density at radius 1 is 1.47 bits per heavy atom. The fourth-order valence-electron chi connectivity index (χ4n) is 2.40. The van der Waals surface area contributed by atoms with Crippen LogP contribution in [-0.2, 0) is 12.2 Å². The molecule has 0 aliphatic carbocycles. The molecule has 0 saturated heterocycles. The van der Waals surface area contributed by atoms with E-state index in [1.54, 1.807) is 11.1 Å². The summed E-state index contributed by atoms with van der Waals surface area (Å²) in [6.45, 7) is 3.21. The van der Waals surface area contributed by atoms with Gasteiger partial charge in [0, 0.05) is 15.5 Å².